The van der Waals surface area contributed by atoms with E-state index in [0.29, 0.717) is 24.6 Å². The van der Waals surface area contributed by atoms with Gasteiger partial charge in [0.2, 0.25) is 5.78 Å². The number of aromatic nitrogens is 2. The second-order valence-corrected chi connectivity index (χ2v) is 6.61. The maximum Gasteiger partial charge on any atom is 0.203 e. The number of benzene rings is 1. The first-order valence-electron chi connectivity index (χ1n) is 9.30. The van der Waals surface area contributed by atoms with Gasteiger partial charge < -0.3 is 9.15 Å². The van der Waals surface area contributed by atoms with Crippen LogP contribution in [0.1, 0.15) is 46.5 Å². The summed E-state index contributed by atoms with van der Waals surface area (Å²) in [7, 11) is 0. The van der Waals surface area contributed by atoms with E-state index in [1.165, 1.54) is 30.0 Å². The van der Waals surface area contributed by atoms with Crippen molar-refractivity contribution in [3.63, 3.8) is 0 Å². The molecule has 0 saturated carbocycles. The van der Waals surface area contributed by atoms with Crippen LogP contribution in [0, 0.1) is 0 Å². The lowest BCUT2D eigenvalue weighted by molar-refractivity contribution is 0.103. The van der Waals surface area contributed by atoms with Crippen LogP contribution in [0.5, 0.6) is 5.75 Å². The Labute approximate surface area is 158 Å². The van der Waals surface area contributed by atoms with E-state index in [4.69, 9.17) is 9.15 Å². The third kappa shape index (κ3) is 3.87. The minimum atomic E-state index is -0.0957. The maximum atomic E-state index is 12.3. The average Bonchev–Trinajstić information content (AvgIpc) is 3.44. The Morgan fingerprint density at radius 2 is 2.11 bits per heavy atom. The highest BCUT2D eigenvalue weighted by atomic mass is 16.5. The molecule has 0 amide bonds. The van der Waals surface area contributed by atoms with E-state index >= 15 is 0 Å². The Kier molecular flexibility index (Phi) is 4.92. The van der Waals surface area contributed by atoms with Gasteiger partial charge in [-0.2, -0.15) is 5.10 Å². The van der Waals surface area contributed by atoms with E-state index in [1.54, 1.807) is 23.0 Å². The Bertz CT molecular complexity index is 981. The van der Waals surface area contributed by atoms with Crippen molar-refractivity contribution >= 4 is 11.9 Å². The molecule has 27 heavy (non-hydrogen) atoms. The molecule has 0 fully saturated rings. The fourth-order valence-electron chi connectivity index (χ4n) is 3.39. The summed E-state index contributed by atoms with van der Waals surface area (Å²) in [4.78, 5) is 12.3. The summed E-state index contributed by atoms with van der Waals surface area (Å²) in [6.07, 6.45) is 8.34. The van der Waals surface area contributed by atoms with E-state index in [9.17, 15) is 4.79 Å². The standard InChI is InChI=1S/C22H22N2O3/c1-2-24-21(12-13-23-24)22(25)11-10-18-8-9-20(27-18)15-26-19-7-6-16-4-3-5-17(16)14-19/h6-14H,2-5,15H2,1H3. The van der Waals surface area contributed by atoms with Gasteiger partial charge in [-0.25, -0.2) is 0 Å². The van der Waals surface area contributed by atoms with Gasteiger partial charge in [0.25, 0.3) is 0 Å². The summed E-state index contributed by atoms with van der Waals surface area (Å²) in [5.74, 6) is 2.12. The molecule has 138 valence electrons. The minimum absolute atomic E-state index is 0.0957. The van der Waals surface area contributed by atoms with Crippen molar-refractivity contribution in [2.75, 3.05) is 0 Å². The van der Waals surface area contributed by atoms with E-state index in [-0.39, 0.29) is 5.78 Å². The summed E-state index contributed by atoms with van der Waals surface area (Å²) < 4.78 is 13.3. The van der Waals surface area contributed by atoms with Crippen molar-refractivity contribution < 1.29 is 13.9 Å². The lowest BCUT2D eigenvalue weighted by Crippen LogP contribution is -2.07. The molecule has 1 aromatic carbocycles. The molecule has 0 unspecified atom stereocenters. The Balaban J connectivity index is 1.36. The molecule has 2 heterocycles. The number of furan rings is 1. The number of nitrogens with zero attached hydrogens (tertiary/aromatic N) is 2. The third-order valence-corrected chi connectivity index (χ3v) is 4.80. The number of hydrogen-bond donors (Lipinski definition) is 0. The van der Waals surface area contributed by atoms with Crippen LogP contribution in [0.15, 0.2) is 53.1 Å². The first-order chi connectivity index (χ1) is 13.2. The fourth-order valence-corrected chi connectivity index (χ4v) is 3.39. The molecule has 0 radical (unpaired) electrons. The highest BCUT2D eigenvalue weighted by molar-refractivity contribution is 6.05. The van der Waals surface area contributed by atoms with Crippen molar-refractivity contribution in [3.05, 3.63) is 77.0 Å². The van der Waals surface area contributed by atoms with E-state index in [2.05, 4.69) is 17.2 Å². The largest absolute Gasteiger partial charge is 0.486 e. The van der Waals surface area contributed by atoms with Crippen molar-refractivity contribution in [1.82, 2.24) is 9.78 Å². The van der Waals surface area contributed by atoms with Crippen LogP contribution in [0.4, 0.5) is 0 Å². The zero-order valence-corrected chi connectivity index (χ0v) is 15.4. The molecular weight excluding hydrogens is 340 g/mol. The Hall–Kier alpha value is -3.08. The minimum Gasteiger partial charge on any atom is -0.486 e. The van der Waals surface area contributed by atoms with Gasteiger partial charge in [0.15, 0.2) is 0 Å². The number of hydrogen-bond acceptors (Lipinski definition) is 4. The molecule has 1 aliphatic carbocycles. The van der Waals surface area contributed by atoms with Gasteiger partial charge in [0.1, 0.15) is 29.6 Å². The molecule has 5 heteroatoms. The van der Waals surface area contributed by atoms with Gasteiger partial charge in [0.05, 0.1) is 0 Å². The molecule has 2 aromatic heterocycles. The van der Waals surface area contributed by atoms with Crippen LogP contribution in [-0.2, 0) is 26.0 Å². The van der Waals surface area contributed by atoms with Crippen molar-refractivity contribution in [1.29, 1.82) is 0 Å². The highest BCUT2D eigenvalue weighted by Gasteiger charge is 2.12. The topological polar surface area (TPSA) is 57.3 Å². The van der Waals surface area contributed by atoms with Crippen LogP contribution >= 0.6 is 0 Å². The fraction of sp³-hybridized carbons (Fsp3) is 0.273. The molecule has 0 spiro atoms. The number of carbonyl (C=O) groups is 1. The normalized spacial score (nSPS) is 13.2. The quantitative estimate of drug-likeness (QED) is 0.460. The van der Waals surface area contributed by atoms with Gasteiger partial charge in [-0.05, 0) is 79.8 Å². The van der Waals surface area contributed by atoms with Gasteiger partial charge in [-0.3, -0.25) is 9.48 Å². The van der Waals surface area contributed by atoms with E-state index < -0.39 is 0 Å². The van der Waals surface area contributed by atoms with Gasteiger partial charge >= 0.3 is 0 Å². The van der Waals surface area contributed by atoms with Gasteiger partial charge in [-0.15, -0.1) is 0 Å². The van der Waals surface area contributed by atoms with Crippen molar-refractivity contribution in [2.24, 2.45) is 0 Å². The molecule has 0 N–H and O–H groups in total. The van der Waals surface area contributed by atoms with E-state index in [0.717, 1.165) is 17.9 Å². The molecule has 3 aromatic rings. The Morgan fingerprint density at radius 1 is 1.22 bits per heavy atom. The number of rotatable bonds is 7. The highest BCUT2D eigenvalue weighted by Crippen LogP contribution is 2.26. The SMILES string of the molecule is CCn1nccc1C(=O)C=Cc1ccc(COc2ccc3c(c2)CCC3)o1. The molecule has 5 nitrogen and oxygen atoms in total. The average molecular weight is 362 g/mol. The second-order valence-electron chi connectivity index (χ2n) is 6.61. The molecule has 0 aliphatic heterocycles. The second kappa shape index (κ2) is 7.66. The lowest BCUT2D eigenvalue weighted by Gasteiger charge is -2.06. The Morgan fingerprint density at radius 3 is 3.00 bits per heavy atom. The molecule has 0 saturated heterocycles. The number of fused-ring (bicyclic) bond motifs is 1. The first kappa shape index (κ1) is 17.3. The number of ether oxygens (including phenoxy) is 1. The molecule has 4 rings (SSSR count). The molecule has 0 atom stereocenters. The zero-order valence-electron chi connectivity index (χ0n) is 15.4. The van der Waals surface area contributed by atoms with Crippen LogP contribution < -0.4 is 4.74 Å². The number of ketones is 1. The van der Waals surface area contributed by atoms with Crippen molar-refractivity contribution in [2.45, 2.75) is 39.3 Å². The monoisotopic (exact) mass is 362 g/mol. The smallest absolute Gasteiger partial charge is 0.203 e. The summed E-state index contributed by atoms with van der Waals surface area (Å²) in [5, 5.41) is 4.11. The predicted molar refractivity (Wildman–Crippen MR) is 103 cm³/mol. The van der Waals surface area contributed by atoms with Crippen LogP contribution in [0.2, 0.25) is 0 Å². The van der Waals surface area contributed by atoms with Gasteiger partial charge in [-0.1, -0.05) is 6.07 Å². The van der Waals surface area contributed by atoms with Crippen molar-refractivity contribution in [3.8, 4) is 5.75 Å². The first-order valence-corrected chi connectivity index (χ1v) is 9.30. The summed E-state index contributed by atoms with van der Waals surface area (Å²) in [6.45, 7) is 2.98. The predicted octanol–water partition coefficient (Wildman–Crippen LogP) is 4.46. The zero-order chi connectivity index (χ0) is 18.6. The third-order valence-electron chi connectivity index (χ3n) is 4.80. The number of carbonyl (C=O) groups excluding carboxylic acids is 1. The maximum absolute atomic E-state index is 12.3. The lowest BCUT2D eigenvalue weighted by atomic mass is 10.1. The van der Waals surface area contributed by atoms with Crippen LogP contribution in [-0.4, -0.2) is 15.6 Å². The van der Waals surface area contributed by atoms with E-state index in [1.807, 2.05) is 25.1 Å². The molecular formula is C22H22N2O3. The number of allylic oxidation sites excluding steroid dienone is 1. The molecule has 1 aliphatic rings. The molecule has 0 bridgehead atoms. The van der Waals surface area contributed by atoms with Crippen LogP contribution in [0.25, 0.3) is 6.08 Å². The van der Waals surface area contributed by atoms with Crippen LogP contribution in [0.3, 0.4) is 0 Å². The summed E-state index contributed by atoms with van der Waals surface area (Å²) in [6, 6.07) is 11.7. The number of aryl methyl sites for hydroxylation is 3. The summed E-state index contributed by atoms with van der Waals surface area (Å²) >= 11 is 0. The summed E-state index contributed by atoms with van der Waals surface area (Å²) in [5.41, 5.74) is 3.39. The van der Waals surface area contributed by atoms with Gasteiger partial charge in [0, 0.05) is 12.7 Å².